The van der Waals surface area contributed by atoms with Crippen LogP contribution >= 0.6 is 22.9 Å². The molecule has 0 radical (unpaired) electrons. The van der Waals surface area contributed by atoms with E-state index in [0.717, 1.165) is 5.56 Å². The van der Waals surface area contributed by atoms with Crippen molar-refractivity contribution in [3.05, 3.63) is 68.9 Å². The van der Waals surface area contributed by atoms with Gasteiger partial charge in [0.2, 0.25) is 0 Å². The zero-order valence-corrected chi connectivity index (χ0v) is 14.8. The van der Waals surface area contributed by atoms with Gasteiger partial charge in [0.15, 0.2) is 5.78 Å². The summed E-state index contributed by atoms with van der Waals surface area (Å²) in [4.78, 5) is 32.7. The quantitative estimate of drug-likeness (QED) is 0.676. The second-order valence-electron chi connectivity index (χ2n) is 5.40. The largest absolute Gasteiger partial charge is 0.478 e. The van der Waals surface area contributed by atoms with Crippen LogP contribution < -0.4 is 0 Å². The van der Waals surface area contributed by atoms with E-state index in [1.807, 2.05) is 0 Å². The molecule has 2 heterocycles. The molecule has 0 saturated heterocycles. The highest BCUT2D eigenvalue weighted by Crippen LogP contribution is 2.33. The van der Waals surface area contributed by atoms with Crippen LogP contribution in [0.2, 0.25) is 5.02 Å². The van der Waals surface area contributed by atoms with Gasteiger partial charge in [0.05, 0.1) is 17.5 Å². The minimum Gasteiger partial charge on any atom is -0.478 e. The van der Waals surface area contributed by atoms with Crippen molar-refractivity contribution in [2.24, 2.45) is 0 Å². The number of carboxylic acids is 1. The van der Waals surface area contributed by atoms with Crippen molar-refractivity contribution in [3.8, 4) is 11.1 Å². The van der Waals surface area contributed by atoms with E-state index < -0.39 is 5.97 Å². The fourth-order valence-electron chi connectivity index (χ4n) is 2.38. The first-order chi connectivity index (χ1) is 12.0. The van der Waals surface area contributed by atoms with Crippen molar-refractivity contribution in [2.45, 2.75) is 13.3 Å². The summed E-state index contributed by atoms with van der Waals surface area (Å²) in [6.45, 7) is 1.78. The number of aromatic nitrogens is 2. The molecule has 1 N–H and O–H groups in total. The molecule has 3 rings (SSSR count). The number of hydrogen-bond acceptors (Lipinski definition) is 5. The first-order valence-corrected chi connectivity index (χ1v) is 8.63. The molecule has 0 saturated carbocycles. The minimum absolute atomic E-state index is 0.0301. The van der Waals surface area contributed by atoms with E-state index in [4.69, 9.17) is 11.6 Å². The Hall–Kier alpha value is -2.57. The average molecular weight is 373 g/mol. The van der Waals surface area contributed by atoms with Gasteiger partial charge in [-0.2, -0.15) is 0 Å². The Morgan fingerprint density at radius 3 is 2.48 bits per heavy atom. The molecule has 0 aliphatic rings. The number of carbonyl (C=O) groups excluding carboxylic acids is 1. The van der Waals surface area contributed by atoms with E-state index in [2.05, 4.69) is 9.97 Å². The summed E-state index contributed by atoms with van der Waals surface area (Å²) < 4.78 is 0. The van der Waals surface area contributed by atoms with Crippen LogP contribution in [0.1, 0.15) is 31.4 Å². The van der Waals surface area contributed by atoms with E-state index in [0.29, 0.717) is 21.2 Å². The molecule has 0 fully saturated rings. The topological polar surface area (TPSA) is 80.2 Å². The summed E-state index contributed by atoms with van der Waals surface area (Å²) in [5.74, 6) is -1.33. The molecule has 0 aliphatic heterocycles. The Kier molecular flexibility index (Phi) is 4.92. The van der Waals surface area contributed by atoms with Gasteiger partial charge in [-0.15, -0.1) is 11.3 Å². The Balaban J connectivity index is 1.94. The maximum Gasteiger partial charge on any atom is 0.337 e. The zero-order valence-electron chi connectivity index (χ0n) is 13.2. The number of rotatable bonds is 5. The van der Waals surface area contributed by atoms with Crippen LogP contribution in [0.5, 0.6) is 0 Å². The fraction of sp³-hybridized carbons (Fsp3) is 0.111. The van der Waals surface area contributed by atoms with E-state index in [9.17, 15) is 14.7 Å². The SMILES string of the molecule is Cc1cnc(C(=O)Cc2scc(-c3ccc(Cl)cc3)c2C(=O)O)cn1. The van der Waals surface area contributed by atoms with Crippen molar-refractivity contribution < 1.29 is 14.7 Å². The maximum absolute atomic E-state index is 12.4. The summed E-state index contributed by atoms with van der Waals surface area (Å²) >= 11 is 7.13. The third-order valence-electron chi connectivity index (χ3n) is 3.62. The number of hydrogen-bond donors (Lipinski definition) is 1. The van der Waals surface area contributed by atoms with Crippen molar-refractivity contribution in [1.82, 2.24) is 9.97 Å². The number of thiophene rings is 1. The van der Waals surface area contributed by atoms with Crippen molar-refractivity contribution in [1.29, 1.82) is 0 Å². The number of aromatic carboxylic acids is 1. The van der Waals surface area contributed by atoms with Gasteiger partial charge in [0, 0.05) is 28.1 Å². The molecule has 1 aromatic carbocycles. The molecule has 0 unspecified atom stereocenters. The van der Waals surface area contributed by atoms with Gasteiger partial charge >= 0.3 is 5.97 Å². The zero-order chi connectivity index (χ0) is 18.0. The summed E-state index contributed by atoms with van der Waals surface area (Å²) in [6.07, 6.45) is 2.89. The molecule has 126 valence electrons. The summed E-state index contributed by atoms with van der Waals surface area (Å²) in [7, 11) is 0. The molecule has 0 spiro atoms. The second kappa shape index (κ2) is 7.13. The Morgan fingerprint density at radius 1 is 1.16 bits per heavy atom. The molecule has 25 heavy (non-hydrogen) atoms. The van der Waals surface area contributed by atoms with Gasteiger partial charge in [0.1, 0.15) is 5.69 Å². The Bertz CT molecular complexity index is 934. The van der Waals surface area contributed by atoms with Gasteiger partial charge in [-0.1, -0.05) is 23.7 Å². The van der Waals surface area contributed by atoms with E-state index in [-0.39, 0.29) is 23.5 Å². The molecular weight excluding hydrogens is 360 g/mol. The second-order valence-corrected chi connectivity index (χ2v) is 6.80. The minimum atomic E-state index is -1.07. The lowest BCUT2D eigenvalue weighted by atomic mass is 10.0. The fourth-order valence-corrected chi connectivity index (χ4v) is 3.55. The molecule has 7 heteroatoms. The maximum atomic E-state index is 12.4. The number of Topliss-reactive ketones (excluding diaryl/α,β-unsaturated/α-hetero) is 1. The summed E-state index contributed by atoms with van der Waals surface area (Å²) in [5, 5.41) is 11.9. The van der Waals surface area contributed by atoms with Crippen LogP contribution in [0.3, 0.4) is 0 Å². The molecule has 0 atom stereocenters. The lowest BCUT2D eigenvalue weighted by molar-refractivity contribution is 0.0697. The van der Waals surface area contributed by atoms with E-state index in [1.165, 1.54) is 23.7 Å². The van der Waals surface area contributed by atoms with Crippen LogP contribution in [0.15, 0.2) is 42.0 Å². The first kappa shape index (κ1) is 17.3. The van der Waals surface area contributed by atoms with Gasteiger partial charge in [-0.25, -0.2) is 9.78 Å². The number of aryl methyl sites for hydroxylation is 1. The number of ketones is 1. The molecule has 3 aromatic rings. The first-order valence-electron chi connectivity index (χ1n) is 7.37. The molecule has 5 nitrogen and oxygen atoms in total. The van der Waals surface area contributed by atoms with Crippen LogP contribution in [0.4, 0.5) is 0 Å². The van der Waals surface area contributed by atoms with Crippen LogP contribution in [-0.4, -0.2) is 26.8 Å². The lowest BCUT2D eigenvalue weighted by Gasteiger charge is -2.04. The molecule has 0 aliphatic carbocycles. The molecule has 0 bridgehead atoms. The average Bonchev–Trinajstić information content (AvgIpc) is 3.00. The van der Waals surface area contributed by atoms with E-state index in [1.54, 1.807) is 36.6 Å². The highest BCUT2D eigenvalue weighted by atomic mass is 35.5. The van der Waals surface area contributed by atoms with Crippen LogP contribution in [-0.2, 0) is 6.42 Å². The van der Waals surface area contributed by atoms with Gasteiger partial charge in [0.25, 0.3) is 0 Å². The number of carboxylic acid groups (broad SMARTS) is 1. The van der Waals surface area contributed by atoms with Gasteiger partial charge in [-0.3, -0.25) is 9.78 Å². The molecule has 0 amide bonds. The van der Waals surface area contributed by atoms with E-state index >= 15 is 0 Å². The predicted molar refractivity (Wildman–Crippen MR) is 96.5 cm³/mol. The highest BCUT2D eigenvalue weighted by Gasteiger charge is 2.22. The van der Waals surface area contributed by atoms with Crippen LogP contribution in [0.25, 0.3) is 11.1 Å². The number of halogens is 1. The lowest BCUT2D eigenvalue weighted by Crippen LogP contribution is -2.09. The molecule has 2 aromatic heterocycles. The Morgan fingerprint density at radius 2 is 1.88 bits per heavy atom. The van der Waals surface area contributed by atoms with Crippen LogP contribution in [0, 0.1) is 6.92 Å². The van der Waals surface area contributed by atoms with Gasteiger partial charge in [-0.05, 0) is 30.0 Å². The standard InChI is InChI=1S/C18H13ClN2O3S/c1-10-7-21-14(8-20-10)15(22)6-16-17(18(23)24)13(9-25-16)11-2-4-12(19)5-3-11/h2-5,7-9H,6H2,1H3,(H,23,24). The Labute approximate surface area is 153 Å². The number of carbonyl (C=O) groups is 2. The summed E-state index contributed by atoms with van der Waals surface area (Å²) in [6, 6.07) is 6.92. The number of nitrogens with zero attached hydrogens (tertiary/aromatic N) is 2. The molecular formula is C18H13ClN2O3S. The summed E-state index contributed by atoms with van der Waals surface area (Å²) in [5.41, 5.74) is 2.40. The predicted octanol–water partition coefficient (Wildman–Crippen LogP) is 4.29. The third-order valence-corrected chi connectivity index (χ3v) is 4.86. The smallest absolute Gasteiger partial charge is 0.337 e. The normalized spacial score (nSPS) is 10.6. The monoisotopic (exact) mass is 372 g/mol. The highest BCUT2D eigenvalue weighted by molar-refractivity contribution is 7.11. The number of benzene rings is 1. The van der Waals surface area contributed by atoms with Gasteiger partial charge < -0.3 is 5.11 Å². The van der Waals surface area contributed by atoms with Crippen molar-refractivity contribution in [3.63, 3.8) is 0 Å². The van der Waals surface area contributed by atoms with Crippen molar-refractivity contribution in [2.75, 3.05) is 0 Å². The van der Waals surface area contributed by atoms with Crippen molar-refractivity contribution >= 4 is 34.7 Å². The third kappa shape index (κ3) is 3.75.